The molecule has 2 aliphatic rings. The zero-order chi connectivity index (χ0) is 15.8. The molecule has 1 N–H and O–H groups in total. The molecule has 1 saturated heterocycles. The molecule has 1 saturated carbocycles. The largest absolute Gasteiger partial charge is 0.346 e. The van der Waals surface area contributed by atoms with E-state index in [1.54, 1.807) is 0 Å². The van der Waals surface area contributed by atoms with Crippen molar-refractivity contribution < 1.29 is 13.6 Å². The zero-order valence-electron chi connectivity index (χ0n) is 13.1. The van der Waals surface area contributed by atoms with Gasteiger partial charge in [-0.25, -0.2) is 8.78 Å². The van der Waals surface area contributed by atoms with Crippen LogP contribution in [0.2, 0.25) is 0 Å². The second-order valence-corrected chi connectivity index (χ2v) is 7.14. The Morgan fingerprint density at radius 2 is 1.50 bits per heavy atom. The second-order valence-electron chi connectivity index (χ2n) is 7.14. The lowest BCUT2D eigenvalue weighted by molar-refractivity contribution is -0.138. The third-order valence-corrected chi connectivity index (χ3v) is 5.53. The highest BCUT2D eigenvalue weighted by atomic mass is 19.1. The maximum absolute atomic E-state index is 13.5. The number of amides is 1. The maximum atomic E-state index is 13.5. The van der Waals surface area contributed by atoms with Crippen molar-refractivity contribution in [2.45, 2.75) is 63.8 Å². The van der Waals surface area contributed by atoms with Crippen molar-refractivity contribution in [1.29, 1.82) is 0 Å². The van der Waals surface area contributed by atoms with Crippen LogP contribution < -0.4 is 5.32 Å². The van der Waals surface area contributed by atoms with Crippen LogP contribution in [0, 0.1) is 17.0 Å². The molecule has 0 bridgehead atoms. The molecule has 1 aliphatic carbocycles. The minimum absolute atomic E-state index is 0.0628. The van der Waals surface area contributed by atoms with E-state index >= 15 is 0 Å². The number of halogens is 2. The van der Waals surface area contributed by atoms with Crippen LogP contribution in [0.25, 0.3) is 0 Å². The molecule has 0 aromatic heterocycles. The van der Waals surface area contributed by atoms with Crippen LogP contribution in [0.5, 0.6) is 0 Å². The number of benzene rings is 1. The van der Waals surface area contributed by atoms with Crippen LogP contribution in [0.1, 0.15) is 63.9 Å². The molecule has 3 rings (SSSR count). The number of hydrogen-bond donors (Lipinski definition) is 1. The van der Waals surface area contributed by atoms with E-state index in [1.807, 2.05) is 6.92 Å². The minimum Gasteiger partial charge on any atom is -0.346 e. The predicted octanol–water partition coefficient (Wildman–Crippen LogP) is 4.43. The van der Waals surface area contributed by atoms with Crippen LogP contribution in [0.15, 0.2) is 18.2 Å². The number of piperidine rings is 1. The smallest absolute Gasteiger partial charge is 0.226 e. The van der Waals surface area contributed by atoms with E-state index in [0.29, 0.717) is 5.56 Å². The Morgan fingerprint density at radius 1 is 0.909 bits per heavy atom. The Balaban J connectivity index is 1.85. The van der Waals surface area contributed by atoms with Crippen LogP contribution in [0.4, 0.5) is 8.78 Å². The summed E-state index contributed by atoms with van der Waals surface area (Å²) in [6.07, 6.45) is 7.98. The van der Waals surface area contributed by atoms with Gasteiger partial charge in [0.2, 0.25) is 5.91 Å². The normalized spacial score (nSPS) is 28.2. The van der Waals surface area contributed by atoms with Gasteiger partial charge < -0.3 is 5.32 Å². The number of rotatable bonds is 1. The van der Waals surface area contributed by atoms with Gasteiger partial charge in [0, 0.05) is 11.5 Å². The molecule has 1 heterocycles. The molecule has 22 heavy (non-hydrogen) atoms. The topological polar surface area (TPSA) is 29.1 Å². The molecule has 1 aromatic carbocycles. The number of carbonyl (C=O) groups is 1. The number of hydrogen-bond acceptors (Lipinski definition) is 1. The van der Waals surface area contributed by atoms with Gasteiger partial charge in [0.25, 0.3) is 0 Å². The molecule has 1 aliphatic heterocycles. The van der Waals surface area contributed by atoms with Gasteiger partial charge >= 0.3 is 0 Å². The van der Waals surface area contributed by atoms with E-state index < -0.39 is 17.2 Å². The minimum atomic E-state index is -0.683. The van der Waals surface area contributed by atoms with E-state index in [9.17, 15) is 13.6 Å². The average Bonchev–Trinajstić information content (AvgIpc) is 2.69. The summed E-state index contributed by atoms with van der Waals surface area (Å²) < 4.78 is 27.0. The van der Waals surface area contributed by atoms with Gasteiger partial charge in [-0.15, -0.1) is 0 Å². The molecule has 1 aromatic rings. The number of carbonyl (C=O) groups excluding carboxylic acids is 1. The molecule has 1 amide bonds. The fraction of sp³-hybridized carbons (Fsp3) is 0.611. The van der Waals surface area contributed by atoms with Crippen molar-refractivity contribution in [2.75, 3.05) is 0 Å². The van der Waals surface area contributed by atoms with Gasteiger partial charge in [0.15, 0.2) is 0 Å². The van der Waals surface area contributed by atoms with E-state index in [2.05, 4.69) is 5.32 Å². The van der Waals surface area contributed by atoms with E-state index in [-0.39, 0.29) is 11.3 Å². The molecule has 2 fully saturated rings. The summed E-state index contributed by atoms with van der Waals surface area (Å²) in [7, 11) is 0. The fourth-order valence-corrected chi connectivity index (χ4v) is 4.02. The first-order valence-corrected chi connectivity index (χ1v) is 8.23. The quantitative estimate of drug-likeness (QED) is 0.817. The molecule has 0 unspecified atom stereocenters. The third-order valence-electron chi connectivity index (χ3n) is 5.53. The van der Waals surface area contributed by atoms with E-state index in [0.717, 1.165) is 44.6 Å². The van der Waals surface area contributed by atoms with Crippen molar-refractivity contribution in [3.05, 3.63) is 35.4 Å². The fourth-order valence-electron chi connectivity index (χ4n) is 4.02. The summed E-state index contributed by atoms with van der Waals surface area (Å²) >= 11 is 0. The molecular formula is C18H23F2NO. The van der Waals surface area contributed by atoms with Gasteiger partial charge in [0.05, 0.1) is 5.54 Å². The lowest BCUT2D eigenvalue weighted by Gasteiger charge is -2.45. The van der Waals surface area contributed by atoms with Crippen LogP contribution in [-0.4, -0.2) is 5.91 Å². The first kappa shape index (κ1) is 15.4. The second kappa shape index (κ2) is 5.64. The predicted molar refractivity (Wildman–Crippen MR) is 81.2 cm³/mol. The van der Waals surface area contributed by atoms with Crippen LogP contribution in [-0.2, 0) is 10.3 Å². The Labute approximate surface area is 130 Å². The van der Waals surface area contributed by atoms with Gasteiger partial charge in [-0.1, -0.05) is 25.7 Å². The van der Waals surface area contributed by atoms with Gasteiger partial charge in [-0.05, 0) is 50.3 Å². The Hall–Kier alpha value is -1.45. The number of nitrogens with one attached hydrogen (secondary N) is 1. The maximum Gasteiger partial charge on any atom is 0.226 e. The molecule has 0 radical (unpaired) electrons. The molecular weight excluding hydrogens is 284 g/mol. The van der Waals surface area contributed by atoms with Crippen molar-refractivity contribution in [1.82, 2.24) is 5.32 Å². The highest BCUT2D eigenvalue weighted by Crippen LogP contribution is 2.46. The van der Waals surface area contributed by atoms with E-state index in [1.165, 1.54) is 25.0 Å². The summed E-state index contributed by atoms with van der Waals surface area (Å²) in [4.78, 5) is 12.8. The summed E-state index contributed by atoms with van der Waals surface area (Å²) in [5.41, 5.74) is -0.429. The first-order valence-electron chi connectivity index (χ1n) is 8.23. The highest BCUT2D eigenvalue weighted by molar-refractivity contribution is 5.84. The van der Waals surface area contributed by atoms with E-state index in [4.69, 9.17) is 0 Å². The van der Waals surface area contributed by atoms with Crippen molar-refractivity contribution in [3.8, 4) is 0 Å². The first-order chi connectivity index (χ1) is 10.4. The highest BCUT2D eigenvalue weighted by Gasteiger charge is 2.47. The Bertz CT molecular complexity index is 558. The van der Waals surface area contributed by atoms with Crippen LogP contribution >= 0.6 is 0 Å². The Kier molecular flexibility index (Phi) is 3.96. The monoisotopic (exact) mass is 307 g/mol. The van der Waals surface area contributed by atoms with Crippen molar-refractivity contribution >= 4 is 5.91 Å². The van der Waals surface area contributed by atoms with Gasteiger partial charge in [-0.3, -0.25) is 4.79 Å². The van der Waals surface area contributed by atoms with Crippen molar-refractivity contribution in [2.24, 2.45) is 5.41 Å². The SMILES string of the molecule is C[C@@]1(c2cc(F)cc(F)c2)CCC2(CCCCCC2)C(=O)N1. The van der Waals surface area contributed by atoms with Gasteiger partial charge in [-0.2, -0.15) is 0 Å². The lowest BCUT2D eigenvalue weighted by Crippen LogP contribution is -2.55. The molecule has 2 nitrogen and oxygen atoms in total. The zero-order valence-corrected chi connectivity index (χ0v) is 13.1. The lowest BCUT2D eigenvalue weighted by atomic mass is 9.68. The Morgan fingerprint density at radius 3 is 2.05 bits per heavy atom. The summed E-state index contributed by atoms with van der Waals surface area (Å²) in [6, 6.07) is 3.52. The standard InChI is InChI=1S/C18H23F2NO/c1-17(13-10-14(19)12-15(20)11-13)8-9-18(16(22)21-17)6-4-2-3-5-7-18/h10-12H,2-9H2,1H3,(H,21,22)/t17-/m0/s1. The molecule has 4 heteroatoms. The molecule has 1 spiro atoms. The molecule has 1 atom stereocenters. The third kappa shape index (κ3) is 2.75. The molecule has 120 valence electrons. The van der Waals surface area contributed by atoms with Crippen LogP contribution in [0.3, 0.4) is 0 Å². The summed E-state index contributed by atoms with van der Waals surface area (Å²) in [5.74, 6) is -1.13. The van der Waals surface area contributed by atoms with Gasteiger partial charge in [0.1, 0.15) is 11.6 Å². The van der Waals surface area contributed by atoms with Crippen molar-refractivity contribution in [3.63, 3.8) is 0 Å². The average molecular weight is 307 g/mol. The summed E-state index contributed by atoms with van der Waals surface area (Å²) in [5, 5.41) is 3.08. The summed E-state index contributed by atoms with van der Waals surface area (Å²) in [6.45, 7) is 1.86.